The van der Waals surface area contributed by atoms with Gasteiger partial charge in [0.1, 0.15) is 12.1 Å². The van der Waals surface area contributed by atoms with Crippen molar-refractivity contribution in [2.24, 2.45) is 4.99 Å². The van der Waals surface area contributed by atoms with Gasteiger partial charge in [-0.3, -0.25) is 0 Å². The van der Waals surface area contributed by atoms with Crippen LogP contribution in [0.2, 0.25) is 0 Å². The molecule has 0 aromatic heterocycles. The first-order chi connectivity index (χ1) is 11.3. The van der Waals surface area contributed by atoms with Crippen LogP contribution in [0.4, 0.5) is 0 Å². The van der Waals surface area contributed by atoms with E-state index in [1.807, 2.05) is 18.2 Å². The van der Waals surface area contributed by atoms with Crippen LogP contribution in [0.15, 0.2) is 47.5 Å². The van der Waals surface area contributed by atoms with E-state index in [2.05, 4.69) is 54.1 Å². The summed E-state index contributed by atoms with van der Waals surface area (Å²) in [6, 6.07) is 10.3. The van der Waals surface area contributed by atoms with E-state index in [9.17, 15) is 0 Å². The average Bonchev–Trinajstić information content (AvgIpc) is 3.02. The molecule has 3 heteroatoms. The Morgan fingerprint density at radius 3 is 2.61 bits per heavy atom. The first-order valence-corrected chi connectivity index (χ1v) is 9.78. The highest BCUT2D eigenvalue weighted by atomic mass is 79.9. The number of hydrogen-bond donors (Lipinski definition) is 0. The van der Waals surface area contributed by atoms with Gasteiger partial charge in [0.2, 0.25) is 5.90 Å². The quantitative estimate of drug-likeness (QED) is 0.298. The van der Waals surface area contributed by atoms with Crippen LogP contribution in [-0.2, 0) is 4.74 Å². The molecule has 0 fully saturated rings. The van der Waals surface area contributed by atoms with Gasteiger partial charge in [-0.1, -0.05) is 85.8 Å². The van der Waals surface area contributed by atoms with Gasteiger partial charge in [-0.2, -0.15) is 0 Å². The number of unbranched alkanes of at least 4 members (excludes halogenated alkanes) is 3. The molecule has 1 aromatic carbocycles. The molecule has 3 atom stereocenters. The van der Waals surface area contributed by atoms with Crippen LogP contribution in [0.3, 0.4) is 0 Å². The lowest BCUT2D eigenvalue weighted by Gasteiger charge is -2.21. The number of hydrogen-bond acceptors (Lipinski definition) is 2. The van der Waals surface area contributed by atoms with Gasteiger partial charge in [0.15, 0.2) is 0 Å². The lowest BCUT2D eigenvalue weighted by atomic mass is 10.0. The third kappa shape index (κ3) is 5.49. The lowest BCUT2D eigenvalue weighted by molar-refractivity contribution is 0.199. The molecule has 0 N–H and O–H groups in total. The molecule has 1 aliphatic heterocycles. The van der Waals surface area contributed by atoms with Gasteiger partial charge < -0.3 is 4.74 Å². The highest BCUT2D eigenvalue weighted by Crippen LogP contribution is 2.28. The van der Waals surface area contributed by atoms with Gasteiger partial charge in [0, 0.05) is 5.56 Å². The minimum atomic E-state index is 0.0923. The number of nitrogens with zero attached hydrogens (tertiary/aromatic N) is 1. The zero-order valence-corrected chi connectivity index (χ0v) is 15.8. The maximum absolute atomic E-state index is 6.23. The van der Waals surface area contributed by atoms with Crippen molar-refractivity contribution in [3.63, 3.8) is 0 Å². The molecule has 0 amide bonds. The van der Waals surface area contributed by atoms with Crippen LogP contribution in [-0.4, -0.2) is 22.9 Å². The molecule has 2 nitrogen and oxygen atoms in total. The third-order valence-corrected chi connectivity index (χ3v) is 5.10. The van der Waals surface area contributed by atoms with Gasteiger partial charge in [-0.25, -0.2) is 4.99 Å². The van der Waals surface area contributed by atoms with E-state index in [0.717, 1.165) is 24.3 Å². The molecule has 0 unspecified atom stereocenters. The fourth-order valence-electron chi connectivity index (χ4n) is 2.72. The molecule has 1 aliphatic rings. The molecule has 0 spiro atoms. The molecule has 23 heavy (non-hydrogen) atoms. The molecule has 0 saturated carbocycles. The van der Waals surface area contributed by atoms with Crippen LogP contribution < -0.4 is 0 Å². The fourth-order valence-corrected chi connectivity index (χ4v) is 3.47. The minimum absolute atomic E-state index is 0.0923. The molecular formula is C20H28BrNO. The summed E-state index contributed by atoms with van der Waals surface area (Å²) in [6.45, 7) is 4.45. The Morgan fingerprint density at radius 1 is 1.17 bits per heavy atom. The third-order valence-electron chi connectivity index (χ3n) is 4.12. The number of halogens is 1. The number of allylic oxidation sites excluding steroid dienone is 1. The van der Waals surface area contributed by atoms with Crippen LogP contribution in [0.1, 0.15) is 57.9 Å². The second-order valence-corrected chi connectivity index (χ2v) is 7.28. The van der Waals surface area contributed by atoms with E-state index >= 15 is 0 Å². The van der Waals surface area contributed by atoms with Crippen LogP contribution in [0.5, 0.6) is 0 Å². The standard InChI is InChI=1S/C20H28BrNO/c1-3-5-7-11-15-18-19(17(21)14-6-4-2)23-20(22-18)16-12-9-8-10-13-16/h8-13,15,17-19H,3-7,14H2,1-2H3/b15-11+/t17-,18+,19-/m1/s1. The molecule has 0 aliphatic carbocycles. The number of ether oxygens (including phenoxy) is 1. The largest absolute Gasteiger partial charge is 0.470 e. The van der Waals surface area contributed by atoms with Crippen LogP contribution >= 0.6 is 15.9 Å². The summed E-state index contributed by atoms with van der Waals surface area (Å²) < 4.78 is 6.23. The Morgan fingerprint density at radius 2 is 1.91 bits per heavy atom. The molecular weight excluding hydrogens is 350 g/mol. The van der Waals surface area contributed by atoms with E-state index in [4.69, 9.17) is 9.73 Å². The van der Waals surface area contributed by atoms with Gasteiger partial charge in [0.25, 0.3) is 0 Å². The van der Waals surface area contributed by atoms with Crippen molar-refractivity contribution >= 4 is 21.8 Å². The molecule has 2 rings (SSSR count). The van der Waals surface area contributed by atoms with Crippen molar-refractivity contribution in [1.29, 1.82) is 0 Å². The van der Waals surface area contributed by atoms with E-state index in [1.165, 1.54) is 25.7 Å². The maximum Gasteiger partial charge on any atom is 0.217 e. The zero-order chi connectivity index (χ0) is 16.5. The number of rotatable bonds is 9. The van der Waals surface area contributed by atoms with Gasteiger partial charge in [-0.15, -0.1) is 0 Å². The maximum atomic E-state index is 6.23. The van der Waals surface area contributed by atoms with Gasteiger partial charge >= 0.3 is 0 Å². The lowest BCUT2D eigenvalue weighted by Crippen LogP contribution is -2.30. The Hall–Kier alpha value is -1.09. The molecule has 126 valence electrons. The summed E-state index contributed by atoms with van der Waals surface area (Å²) in [4.78, 5) is 5.19. The predicted octanol–water partition coefficient (Wildman–Crippen LogP) is 5.90. The SMILES string of the molecule is CCCC/C=C/[C@@H]1N=C(c2ccccc2)O[C@@H]1[C@H](Br)CCCC. The Labute approximate surface area is 149 Å². The summed E-state index contributed by atoms with van der Waals surface area (Å²) in [5.41, 5.74) is 1.07. The summed E-state index contributed by atoms with van der Waals surface area (Å²) in [5.74, 6) is 0.779. The average molecular weight is 378 g/mol. The highest BCUT2D eigenvalue weighted by Gasteiger charge is 2.34. The monoisotopic (exact) mass is 377 g/mol. The van der Waals surface area contributed by atoms with Crippen LogP contribution in [0.25, 0.3) is 0 Å². The summed E-state index contributed by atoms with van der Waals surface area (Å²) in [5, 5.41) is 0. The van der Waals surface area contributed by atoms with Crippen molar-refractivity contribution in [1.82, 2.24) is 0 Å². The Bertz CT molecular complexity index is 512. The van der Waals surface area contributed by atoms with E-state index in [-0.39, 0.29) is 12.1 Å². The van der Waals surface area contributed by atoms with Crippen molar-refractivity contribution < 1.29 is 4.74 Å². The minimum Gasteiger partial charge on any atom is -0.470 e. The molecule has 1 heterocycles. The Balaban J connectivity index is 2.09. The van der Waals surface area contributed by atoms with Gasteiger partial charge in [-0.05, 0) is 25.0 Å². The zero-order valence-electron chi connectivity index (χ0n) is 14.2. The first-order valence-electron chi connectivity index (χ1n) is 8.86. The highest BCUT2D eigenvalue weighted by molar-refractivity contribution is 9.09. The van der Waals surface area contributed by atoms with Crippen molar-refractivity contribution in [3.8, 4) is 0 Å². The first kappa shape index (κ1) is 18.3. The predicted molar refractivity (Wildman–Crippen MR) is 103 cm³/mol. The van der Waals surface area contributed by atoms with Crippen molar-refractivity contribution in [2.45, 2.75) is 69.3 Å². The molecule has 0 saturated heterocycles. The summed E-state index contributed by atoms with van der Waals surface area (Å²) >= 11 is 3.84. The smallest absolute Gasteiger partial charge is 0.217 e. The number of alkyl halides is 1. The van der Waals surface area contributed by atoms with Crippen molar-refractivity contribution in [3.05, 3.63) is 48.0 Å². The second-order valence-electron chi connectivity index (χ2n) is 6.10. The molecule has 1 aromatic rings. The van der Waals surface area contributed by atoms with E-state index < -0.39 is 0 Å². The molecule has 0 radical (unpaired) electrons. The Kier molecular flexibility index (Phi) is 7.87. The fraction of sp³-hybridized carbons (Fsp3) is 0.550. The topological polar surface area (TPSA) is 21.6 Å². The second kappa shape index (κ2) is 9.92. The normalized spacial score (nSPS) is 22.1. The number of benzene rings is 1. The summed E-state index contributed by atoms with van der Waals surface area (Å²) in [7, 11) is 0. The van der Waals surface area contributed by atoms with E-state index in [0.29, 0.717) is 4.83 Å². The van der Waals surface area contributed by atoms with Crippen LogP contribution in [0, 0.1) is 0 Å². The number of aliphatic imine (C=N–C) groups is 1. The summed E-state index contributed by atoms with van der Waals surface area (Å²) in [6.07, 6.45) is 11.7. The van der Waals surface area contributed by atoms with Gasteiger partial charge in [0.05, 0.1) is 4.83 Å². The van der Waals surface area contributed by atoms with Crippen molar-refractivity contribution in [2.75, 3.05) is 0 Å². The van der Waals surface area contributed by atoms with E-state index in [1.54, 1.807) is 0 Å². The molecule has 0 bridgehead atoms.